The van der Waals surface area contributed by atoms with E-state index < -0.39 is 58.0 Å². The zero-order chi connectivity index (χ0) is 28.5. The van der Waals surface area contributed by atoms with E-state index >= 15 is 0 Å². The van der Waals surface area contributed by atoms with Crippen LogP contribution < -0.4 is 5.73 Å². The maximum atomic E-state index is 14.0. The largest absolute Gasteiger partial charge is 0.508 e. The van der Waals surface area contributed by atoms with E-state index in [4.69, 9.17) is 5.73 Å². The van der Waals surface area contributed by atoms with Gasteiger partial charge in [-0.05, 0) is 69.8 Å². The van der Waals surface area contributed by atoms with Crippen molar-refractivity contribution in [2.24, 2.45) is 17.6 Å². The first kappa shape index (κ1) is 27.1. The van der Waals surface area contributed by atoms with Crippen LogP contribution in [0.5, 0.6) is 5.75 Å². The number of phenolic OH excluding ortho intramolecular Hbond substituents is 1. The average Bonchev–Trinajstić information content (AvgIpc) is 3.68. The molecule has 0 radical (unpaired) electrons. The van der Waals surface area contributed by atoms with E-state index in [-0.39, 0.29) is 29.2 Å². The number of hydrogen-bond acceptors (Lipinski definition) is 9. The third-order valence-corrected chi connectivity index (χ3v) is 8.73. The smallest absolute Gasteiger partial charge is 0.255 e. The number of amides is 1. The molecule has 5 rings (SSSR count). The molecule has 208 valence electrons. The molecule has 0 unspecified atom stereocenters. The molecule has 4 atom stereocenters. The Hall–Kier alpha value is -3.47. The number of phenols is 1. The fourth-order valence-electron chi connectivity index (χ4n) is 6.85. The number of carbonyl (C=O) groups excluding carboxylic acids is 3. The van der Waals surface area contributed by atoms with E-state index in [0.717, 1.165) is 24.0 Å². The third-order valence-electron chi connectivity index (χ3n) is 8.73. The second kappa shape index (κ2) is 9.32. The van der Waals surface area contributed by atoms with Crippen molar-refractivity contribution in [3.05, 3.63) is 57.9 Å². The van der Waals surface area contributed by atoms with Gasteiger partial charge in [0, 0.05) is 30.1 Å². The molecule has 2 fully saturated rings. The molecule has 0 saturated heterocycles. The van der Waals surface area contributed by atoms with E-state index in [1.165, 1.54) is 4.90 Å². The Bertz CT molecular complexity index is 1370. The third kappa shape index (κ3) is 3.92. The van der Waals surface area contributed by atoms with Crippen molar-refractivity contribution in [2.45, 2.75) is 49.8 Å². The summed E-state index contributed by atoms with van der Waals surface area (Å²) < 4.78 is 0. The van der Waals surface area contributed by atoms with Crippen molar-refractivity contribution >= 4 is 23.2 Å². The van der Waals surface area contributed by atoms with Gasteiger partial charge in [0.1, 0.15) is 22.8 Å². The summed E-state index contributed by atoms with van der Waals surface area (Å²) in [6.07, 6.45) is 4.11. The standard InChI is InChI=1S/C29H35N3O7/c1-5-8-32(4)12-15-10-16(13-6-7-13)17-9-14-11-18-22(31(2)3)25(35)21(28(30)38)27(37)29(18,39)26(36)19(14)24(34)20(17)23(15)33/h5,10,13-14,18,22,33-34,37,39H,1,6-9,11-12H2,2-4H3,(H2,30,38)/t14-,18-,22-,29-/m0/s1. The molecular formula is C29H35N3O7. The van der Waals surface area contributed by atoms with Gasteiger partial charge in [0.2, 0.25) is 5.78 Å². The summed E-state index contributed by atoms with van der Waals surface area (Å²) in [6, 6.07) is 0.882. The van der Waals surface area contributed by atoms with Gasteiger partial charge in [-0.1, -0.05) is 12.1 Å². The van der Waals surface area contributed by atoms with Crippen LogP contribution in [0.2, 0.25) is 0 Å². The van der Waals surface area contributed by atoms with Crippen molar-refractivity contribution in [3.63, 3.8) is 0 Å². The average molecular weight is 538 g/mol. The SMILES string of the molecule is C=CCN(C)Cc1cc(C2CC2)c2c(c1O)C(O)=C1C(=O)[C@]3(O)C(O)=C(C(N)=O)C(=O)[C@@H](N(C)C)[C@@H]3C[C@@H]1C2. The number of aromatic hydroxyl groups is 1. The summed E-state index contributed by atoms with van der Waals surface area (Å²) in [5, 5.41) is 45.7. The van der Waals surface area contributed by atoms with Crippen molar-refractivity contribution < 1.29 is 34.8 Å². The molecule has 0 bridgehead atoms. The van der Waals surface area contributed by atoms with E-state index in [0.29, 0.717) is 25.1 Å². The summed E-state index contributed by atoms with van der Waals surface area (Å²) >= 11 is 0. The summed E-state index contributed by atoms with van der Waals surface area (Å²) in [5.74, 6) is -6.05. The lowest BCUT2D eigenvalue weighted by molar-refractivity contribution is -0.153. The van der Waals surface area contributed by atoms with Crippen molar-refractivity contribution in [2.75, 3.05) is 27.7 Å². The molecule has 0 heterocycles. The number of ketones is 2. The number of primary amides is 1. The molecule has 4 aliphatic rings. The number of hydrogen-bond donors (Lipinski definition) is 5. The maximum Gasteiger partial charge on any atom is 0.255 e. The van der Waals surface area contributed by atoms with Gasteiger partial charge in [-0.25, -0.2) is 0 Å². The van der Waals surface area contributed by atoms with Crippen LogP contribution in [0.1, 0.15) is 47.4 Å². The van der Waals surface area contributed by atoms with Gasteiger partial charge in [-0.2, -0.15) is 0 Å². The molecular weight excluding hydrogens is 502 g/mol. The predicted molar refractivity (Wildman–Crippen MR) is 143 cm³/mol. The molecule has 39 heavy (non-hydrogen) atoms. The van der Waals surface area contributed by atoms with Crippen molar-refractivity contribution in [1.29, 1.82) is 0 Å². The van der Waals surface area contributed by atoms with Crippen LogP contribution in [0, 0.1) is 11.8 Å². The number of rotatable bonds is 7. The number of carbonyl (C=O) groups is 3. The van der Waals surface area contributed by atoms with Crippen LogP contribution in [0.25, 0.3) is 5.76 Å². The topological polar surface area (TPSA) is 165 Å². The van der Waals surface area contributed by atoms with Crippen LogP contribution in [-0.2, 0) is 27.3 Å². The number of aliphatic hydroxyl groups is 3. The Kier molecular flexibility index (Phi) is 6.48. The summed E-state index contributed by atoms with van der Waals surface area (Å²) in [4.78, 5) is 42.9. The zero-order valence-corrected chi connectivity index (χ0v) is 22.4. The second-order valence-electron chi connectivity index (χ2n) is 11.5. The van der Waals surface area contributed by atoms with E-state index in [1.54, 1.807) is 20.2 Å². The van der Waals surface area contributed by atoms with Crippen LogP contribution in [-0.4, -0.2) is 87.0 Å². The number of likely N-dealkylation sites (N-methyl/N-ethyl adjacent to an activating group) is 2. The summed E-state index contributed by atoms with van der Waals surface area (Å²) in [5.41, 5.74) is 4.34. The van der Waals surface area contributed by atoms with Gasteiger partial charge in [0.05, 0.1) is 11.6 Å². The molecule has 4 aliphatic carbocycles. The number of Topliss-reactive ketones (excluding diaryl/α,β-unsaturated/α-hetero) is 2. The normalized spacial score (nSPS) is 28.5. The van der Waals surface area contributed by atoms with E-state index in [1.807, 2.05) is 18.0 Å². The zero-order valence-electron chi connectivity index (χ0n) is 22.4. The highest BCUT2D eigenvalue weighted by Gasteiger charge is 2.64. The molecule has 0 aliphatic heterocycles. The van der Waals surface area contributed by atoms with E-state index in [2.05, 4.69) is 6.58 Å². The molecule has 2 saturated carbocycles. The molecule has 0 spiro atoms. The van der Waals surface area contributed by atoms with Crippen molar-refractivity contribution in [1.82, 2.24) is 9.80 Å². The number of fused-ring (bicyclic) bond motifs is 3. The first-order valence-electron chi connectivity index (χ1n) is 13.2. The van der Waals surface area contributed by atoms with Crippen LogP contribution in [0.4, 0.5) is 0 Å². The maximum absolute atomic E-state index is 14.0. The van der Waals surface area contributed by atoms with Crippen LogP contribution in [0.3, 0.4) is 0 Å². The molecule has 10 nitrogen and oxygen atoms in total. The van der Waals surface area contributed by atoms with Gasteiger partial charge in [0.15, 0.2) is 11.4 Å². The molecule has 1 aromatic rings. The Labute approximate surface area is 226 Å². The Morgan fingerprint density at radius 3 is 2.41 bits per heavy atom. The minimum absolute atomic E-state index is 0.0838. The first-order chi connectivity index (χ1) is 18.3. The fourth-order valence-corrected chi connectivity index (χ4v) is 6.85. The molecule has 10 heteroatoms. The summed E-state index contributed by atoms with van der Waals surface area (Å²) in [6.45, 7) is 4.71. The summed E-state index contributed by atoms with van der Waals surface area (Å²) in [7, 11) is 5.05. The van der Waals surface area contributed by atoms with Crippen molar-refractivity contribution in [3.8, 4) is 5.75 Å². The lowest BCUT2D eigenvalue weighted by atomic mass is 9.57. The van der Waals surface area contributed by atoms with Gasteiger partial charge in [-0.3, -0.25) is 24.2 Å². The monoisotopic (exact) mass is 537 g/mol. The number of nitrogens with two attached hydrogens (primary N) is 1. The number of nitrogens with zero attached hydrogens (tertiary/aromatic N) is 2. The second-order valence-corrected chi connectivity index (χ2v) is 11.5. The van der Waals surface area contributed by atoms with Crippen LogP contribution in [0.15, 0.2) is 35.6 Å². The highest BCUT2D eigenvalue weighted by Crippen LogP contribution is 2.55. The van der Waals surface area contributed by atoms with Gasteiger partial charge in [0.25, 0.3) is 5.91 Å². The molecule has 1 aromatic carbocycles. The minimum Gasteiger partial charge on any atom is -0.508 e. The minimum atomic E-state index is -2.64. The molecule has 6 N–H and O–H groups in total. The Morgan fingerprint density at radius 1 is 1.18 bits per heavy atom. The highest BCUT2D eigenvalue weighted by atomic mass is 16.3. The molecule has 0 aromatic heterocycles. The van der Waals surface area contributed by atoms with Gasteiger partial charge in [-0.15, -0.1) is 6.58 Å². The lowest BCUT2D eigenvalue weighted by Gasteiger charge is -2.50. The predicted octanol–water partition coefficient (Wildman–Crippen LogP) is 1.46. The van der Waals surface area contributed by atoms with Gasteiger partial charge < -0.3 is 26.2 Å². The van der Waals surface area contributed by atoms with Gasteiger partial charge >= 0.3 is 0 Å². The quantitative estimate of drug-likeness (QED) is 0.256. The van der Waals surface area contributed by atoms with Crippen LogP contribution >= 0.6 is 0 Å². The lowest BCUT2D eigenvalue weighted by Crippen LogP contribution is -2.65. The molecule has 1 amide bonds. The Balaban J connectivity index is 1.71. The number of aliphatic hydroxyl groups excluding tert-OH is 2. The van der Waals surface area contributed by atoms with E-state index in [9.17, 15) is 34.8 Å². The Morgan fingerprint density at radius 2 is 1.85 bits per heavy atom. The number of benzene rings is 1. The first-order valence-corrected chi connectivity index (χ1v) is 13.2. The highest BCUT2D eigenvalue weighted by molar-refractivity contribution is 6.24. The fraction of sp³-hybridized carbons (Fsp3) is 0.483.